The number of carbonyl (C=O) groups is 1. The number of carbonyl (C=O) groups excluding carboxylic acids is 1. The van der Waals surface area contributed by atoms with Gasteiger partial charge in [0.1, 0.15) is 0 Å². The highest BCUT2D eigenvalue weighted by Crippen LogP contribution is 2.38. The topological polar surface area (TPSA) is 57.2 Å². The Kier molecular flexibility index (Phi) is 4.71. The molecule has 1 aromatic rings. The molecular weight excluding hydrogens is 402 g/mol. The van der Waals surface area contributed by atoms with E-state index in [4.69, 9.17) is 18.9 Å². The summed E-state index contributed by atoms with van der Waals surface area (Å²) in [5, 5.41) is 0. The lowest BCUT2D eigenvalue weighted by molar-refractivity contribution is -0.162. The second-order valence-electron chi connectivity index (χ2n) is 7.15. The third kappa shape index (κ3) is 3.48. The van der Waals surface area contributed by atoms with Gasteiger partial charge in [-0.2, -0.15) is 0 Å². The van der Waals surface area contributed by atoms with Gasteiger partial charge in [-0.1, -0.05) is 28.1 Å². The molecule has 0 N–H and O–H groups in total. The number of hydrogen-bond acceptors (Lipinski definition) is 5. The van der Waals surface area contributed by atoms with Crippen LogP contribution < -0.4 is 9.47 Å². The molecule has 0 aromatic heterocycles. The molecule has 1 saturated heterocycles. The number of hydrogen-bond donors (Lipinski definition) is 0. The van der Waals surface area contributed by atoms with Crippen LogP contribution in [-0.4, -0.2) is 42.1 Å². The summed E-state index contributed by atoms with van der Waals surface area (Å²) in [6, 6.07) is 3.81. The quantitative estimate of drug-likeness (QED) is 0.682. The van der Waals surface area contributed by atoms with E-state index >= 15 is 0 Å². The lowest BCUT2D eigenvalue weighted by Gasteiger charge is -2.26. The predicted octanol–water partition coefficient (Wildman–Crippen LogP) is 3.38. The van der Waals surface area contributed by atoms with Crippen LogP contribution in [0.15, 0.2) is 28.8 Å². The number of halogens is 1. The van der Waals surface area contributed by atoms with Gasteiger partial charge in [-0.05, 0) is 44.4 Å². The first-order valence-corrected chi connectivity index (χ1v) is 9.60. The molecule has 0 spiro atoms. The van der Waals surface area contributed by atoms with Crippen molar-refractivity contribution in [2.45, 2.75) is 51.2 Å². The average molecular weight is 424 g/mol. The Labute approximate surface area is 161 Å². The summed E-state index contributed by atoms with van der Waals surface area (Å²) in [5.41, 5.74) is 0.973. The van der Waals surface area contributed by atoms with Gasteiger partial charge in [-0.15, -0.1) is 0 Å². The van der Waals surface area contributed by atoms with Crippen LogP contribution in [0.1, 0.15) is 32.3 Å². The summed E-state index contributed by atoms with van der Waals surface area (Å²) in [5.74, 6) is 0.644. The molecule has 0 saturated carbocycles. The Morgan fingerprint density at radius 2 is 1.96 bits per heavy atom. The number of amides is 1. The smallest absolute Gasteiger partial charge is 0.254 e. The standard InChI is InChI=1S/C19H22BrNO5/c1-19(2)25-14-6-4-3-5-7-21(18(22)17(14)26-19)10-12-8-15-16(9-13(12)20)24-11-23-15/h3-4,8-9,14,17H,5-7,10-11H2,1-2H3/b4-3-/t14-,17+/m1/s1. The molecule has 0 radical (unpaired) electrons. The maximum absolute atomic E-state index is 13.2. The Morgan fingerprint density at radius 1 is 1.19 bits per heavy atom. The molecule has 4 rings (SSSR count). The van der Waals surface area contributed by atoms with E-state index in [0.717, 1.165) is 16.5 Å². The van der Waals surface area contributed by atoms with Crippen LogP contribution >= 0.6 is 15.9 Å². The van der Waals surface area contributed by atoms with Crippen molar-refractivity contribution in [1.29, 1.82) is 0 Å². The predicted molar refractivity (Wildman–Crippen MR) is 97.9 cm³/mol. The first-order chi connectivity index (χ1) is 12.4. The average Bonchev–Trinajstić information content (AvgIpc) is 3.16. The third-order valence-electron chi connectivity index (χ3n) is 4.74. The van der Waals surface area contributed by atoms with E-state index in [0.29, 0.717) is 31.0 Å². The minimum absolute atomic E-state index is 0.0335. The van der Waals surface area contributed by atoms with E-state index in [1.54, 1.807) is 0 Å². The van der Waals surface area contributed by atoms with Gasteiger partial charge in [0.2, 0.25) is 6.79 Å². The molecule has 3 aliphatic rings. The zero-order valence-corrected chi connectivity index (χ0v) is 16.5. The van der Waals surface area contributed by atoms with Gasteiger partial charge in [-0.3, -0.25) is 4.79 Å². The molecule has 6 nitrogen and oxygen atoms in total. The van der Waals surface area contributed by atoms with E-state index < -0.39 is 11.9 Å². The molecule has 1 fully saturated rings. The normalized spacial score (nSPS) is 28.3. The SMILES string of the molecule is CC1(C)O[C@@H]2C(=O)N(Cc3cc4c(cc3Br)OCO4)CC/C=C\C[C@H]2O1. The van der Waals surface area contributed by atoms with Gasteiger partial charge < -0.3 is 23.8 Å². The molecule has 2 atom stereocenters. The molecule has 0 aliphatic carbocycles. The highest BCUT2D eigenvalue weighted by molar-refractivity contribution is 9.10. The lowest BCUT2D eigenvalue weighted by Crippen LogP contribution is -2.43. The van der Waals surface area contributed by atoms with E-state index in [-0.39, 0.29) is 18.8 Å². The van der Waals surface area contributed by atoms with Crippen LogP contribution in [0.25, 0.3) is 0 Å². The van der Waals surface area contributed by atoms with Crippen molar-refractivity contribution in [3.05, 3.63) is 34.3 Å². The van der Waals surface area contributed by atoms with Gasteiger partial charge in [0.05, 0.1) is 6.10 Å². The van der Waals surface area contributed by atoms with Crippen molar-refractivity contribution in [1.82, 2.24) is 4.90 Å². The number of benzene rings is 1. The molecule has 1 aromatic carbocycles. The largest absolute Gasteiger partial charge is 0.454 e. The summed E-state index contributed by atoms with van der Waals surface area (Å²) in [6.07, 6.45) is 4.83. The monoisotopic (exact) mass is 423 g/mol. The van der Waals surface area contributed by atoms with Crippen molar-refractivity contribution >= 4 is 21.8 Å². The summed E-state index contributed by atoms with van der Waals surface area (Å²) < 4.78 is 23.6. The van der Waals surface area contributed by atoms with Crippen molar-refractivity contribution in [2.24, 2.45) is 0 Å². The van der Waals surface area contributed by atoms with Gasteiger partial charge in [-0.25, -0.2) is 0 Å². The van der Waals surface area contributed by atoms with E-state index in [1.807, 2.05) is 30.9 Å². The second-order valence-corrected chi connectivity index (χ2v) is 8.00. The van der Waals surface area contributed by atoms with Gasteiger partial charge in [0, 0.05) is 17.6 Å². The van der Waals surface area contributed by atoms with Crippen LogP contribution in [0, 0.1) is 0 Å². The van der Waals surface area contributed by atoms with Crippen LogP contribution in [0.2, 0.25) is 0 Å². The summed E-state index contributed by atoms with van der Waals surface area (Å²) >= 11 is 3.58. The fourth-order valence-corrected chi connectivity index (χ4v) is 3.98. The molecule has 7 heteroatoms. The zero-order valence-electron chi connectivity index (χ0n) is 14.9. The number of nitrogens with zero attached hydrogens (tertiary/aromatic N) is 1. The highest BCUT2D eigenvalue weighted by Gasteiger charge is 2.46. The van der Waals surface area contributed by atoms with Gasteiger partial charge >= 0.3 is 0 Å². The van der Waals surface area contributed by atoms with E-state index in [9.17, 15) is 4.79 Å². The Hall–Kier alpha value is -1.57. The fraction of sp³-hybridized carbons (Fsp3) is 0.526. The molecule has 26 heavy (non-hydrogen) atoms. The van der Waals surface area contributed by atoms with Gasteiger partial charge in [0.25, 0.3) is 5.91 Å². The zero-order chi connectivity index (χ0) is 18.3. The van der Waals surface area contributed by atoms with Crippen molar-refractivity contribution < 1.29 is 23.7 Å². The Morgan fingerprint density at radius 3 is 2.77 bits per heavy atom. The first kappa shape index (κ1) is 17.8. The lowest BCUT2D eigenvalue weighted by atomic mass is 10.1. The third-order valence-corrected chi connectivity index (χ3v) is 5.48. The molecule has 3 heterocycles. The van der Waals surface area contributed by atoms with Crippen LogP contribution in [0.5, 0.6) is 11.5 Å². The van der Waals surface area contributed by atoms with Crippen molar-refractivity contribution in [3.8, 4) is 11.5 Å². The molecular formula is C19H22BrNO5. The molecule has 140 valence electrons. The van der Waals surface area contributed by atoms with Crippen LogP contribution in [-0.2, 0) is 20.8 Å². The van der Waals surface area contributed by atoms with Crippen molar-refractivity contribution in [3.63, 3.8) is 0 Å². The minimum Gasteiger partial charge on any atom is -0.454 e. The number of ether oxygens (including phenoxy) is 4. The van der Waals surface area contributed by atoms with Crippen LogP contribution in [0.4, 0.5) is 0 Å². The summed E-state index contributed by atoms with van der Waals surface area (Å²) in [6.45, 7) is 5.02. The molecule has 0 unspecified atom stereocenters. The van der Waals surface area contributed by atoms with E-state index in [2.05, 4.69) is 28.1 Å². The maximum atomic E-state index is 13.2. The summed E-state index contributed by atoms with van der Waals surface area (Å²) in [7, 11) is 0. The van der Waals surface area contributed by atoms with Crippen molar-refractivity contribution in [2.75, 3.05) is 13.3 Å². The second kappa shape index (κ2) is 6.87. The molecule has 0 bridgehead atoms. The number of fused-ring (bicyclic) bond motifs is 2. The van der Waals surface area contributed by atoms with Crippen LogP contribution in [0.3, 0.4) is 0 Å². The highest BCUT2D eigenvalue weighted by atomic mass is 79.9. The minimum atomic E-state index is -0.747. The first-order valence-electron chi connectivity index (χ1n) is 8.80. The fourth-order valence-electron chi connectivity index (χ4n) is 3.53. The molecule has 3 aliphatic heterocycles. The number of rotatable bonds is 2. The Bertz CT molecular complexity index is 748. The maximum Gasteiger partial charge on any atom is 0.254 e. The van der Waals surface area contributed by atoms with E-state index in [1.165, 1.54) is 0 Å². The molecule has 1 amide bonds. The van der Waals surface area contributed by atoms with Gasteiger partial charge in [0.15, 0.2) is 23.4 Å². The Balaban J connectivity index is 1.59. The summed E-state index contributed by atoms with van der Waals surface area (Å²) in [4.78, 5) is 15.0.